The summed E-state index contributed by atoms with van der Waals surface area (Å²) in [5.41, 5.74) is 6.21. The minimum Gasteiger partial charge on any atom is -0.330 e. The quantitative estimate of drug-likeness (QED) is 0.906. The molecule has 0 aliphatic heterocycles. The van der Waals surface area contributed by atoms with E-state index in [1.54, 1.807) is 6.07 Å². The number of hydrogen-bond acceptors (Lipinski definition) is 2. The SMILES string of the molecule is NCCCC(=O)Cc1ccc(Br)cc1Cl. The van der Waals surface area contributed by atoms with Crippen LogP contribution in [0.2, 0.25) is 5.02 Å². The zero-order valence-corrected chi connectivity index (χ0v) is 10.6. The molecule has 1 aromatic rings. The van der Waals surface area contributed by atoms with Crippen LogP contribution in [0.25, 0.3) is 0 Å². The van der Waals surface area contributed by atoms with Gasteiger partial charge < -0.3 is 5.73 Å². The Morgan fingerprint density at radius 2 is 2.20 bits per heavy atom. The molecule has 2 nitrogen and oxygen atoms in total. The molecule has 2 N–H and O–H groups in total. The van der Waals surface area contributed by atoms with Gasteiger partial charge in [0.1, 0.15) is 5.78 Å². The molecule has 0 saturated carbocycles. The van der Waals surface area contributed by atoms with Crippen molar-refractivity contribution in [1.29, 1.82) is 0 Å². The van der Waals surface area contributed by atoms with Crippen molar-refractivity contribution in [3.8, 4) is 0 Å². The predicted octanol–water partition coefficient (Wildman–Crippen LogP) is 2.95. The van der Waals surface area contributed by atoms with Crippen molar-refractivity contribution < 1.29 is 4.79 Å². The zero-order valence-electron chi connectivity index (χ0n) is 8.30. The summed E-state index contributed by atoms with van der Waals surface area (Å²) >= 11 is 9.32. The van der Waals surface area contributed by atoms with Gasteiger partial charge in [-0.3, -0.25) is 4.79 Å². The lowest BCUT2D eigenvalue weighted by Crippen LogP contribution is -2.07. The van der Waals surface area contributed by atoms with Gasteiger partial charge in [-0.25, -0.2) is 0 Å². The molecule has 0 saturated heterocycles. The second kappa shape index (κ2) is 6.26. The Bertz CT molecular complexity index is 354. The molecule has 0 unspecified atom stereocenters. The first kappa shape index (κ1) is 12.7. The summed E-state index contributed by atoms with van der Waals surface area (Å²) in [6.07, 6.45) is 1.67. The van der Waals surface area contributed by atoms with E-state index in [2.05, 4.69) is 15.9 Å². The number of Topliss-reactive ketones (excluding diaryl/α,β-unsaturated/α-hetero) is 1. The van der Waals surface area contributed by atoms with E-state index in [9.17, 15) is 4.79 Å². The van der Waals surface area contributed by atoms with Crippen LogP contribution < -0.4 is 5.73 Å². The highest BCUT2D eigenvalue weighted by Gasteiger charge is 2.06. The first-order chi connectivity index (χ1) is 7.13. The molecule has 0 aliphatic rings. The highest BCUT2D eigenvalue weighted by atomic mass is 79.9. The van der Waals surface area contributed by atoms with Gasteiger partial charge in [0, 0.05) is 22.3 Å². The van der Waals surface area contributed by atoms with Crippen molar-refractivity contribution in [2.75, 3.05) is 6.54 Å². The monoisotopic (exact) mass is 289 g/mol. The van der Waals surface area contributed by atoms with Crippen LogP contribution >= 0.6 is 27.5 Å². The smallest absolute Gasteiger partial charge is 0.137 e. The fourth-order valence-electron chi connectivity index (χ4n) is 1.27. The second-order valence-corrected chi connectivity index (χ2v) is 4.67. The third kappa shape index (κ3) is 4.33. The Morgan fingerprint density at radius 3 is 2.80 bits per heavy atom. The maximum absolute atomic E-state index is 11.5. The molecule has 0 aliphatic carbocycles. The molecule has 0 radical (unpaired) electrons. The van der Waals surface area contributed by atoms with Gasteiger partial charge in [-0.1, -0.05) is 33.6 Å². The number of halogens is 2. The molecule has 0 amide bonds. The Kier molecular flexibility index (Phi) is 5.29. The lowest BCUT2D eigenvalue weighted by atomic mass is 10.1. The van der Waals surface area contributed by atoms with E-state index in [4.69, 9.17) is 17.3 Å². The van der Waals surface area contributed by atoms with Gasteiger partial charge in [-0.05, 0) is 30.7 Å². The zero-order chi connectivity index (χ0) is 11.3. The summed E-state index contributed by atoms with van der Waals surface area (Å²) in [5.74, 6) is 0.185. The van der Waals surface area contributed by atoms with Gasteiger partial charge in [-0.2, -0.15) is 0 Å². The third-order valence-corrected chi connectivity index (χ3v) is 2.91. The van der Waals surface area contributed by atoms with Gasteiger partial charge in [-0.15, -0.1) is 0 Å². The van der Waals surface area contributed by atoms with Crippen molar-refractivity contribution >= 4 is 33.3 Å². The number of hydrogen-bond donors (Lipinski definition) is 1. The third-order valence-electron chi connectivity index (χ3n) is 2.06. The minimum absolute atomic E-state index is 0.185. The highest BCUT2D eigenvalue weighted by Crippen LogP contribution is 2.22. The molecule has 0 heterocycles. The predicted molar refractivity (Wildman–Crippen MR) is 66.2 cm³/mol. The number of benzene rings is 1. The number of rotatable bonds is 5. The molecule has 1 aromatic carbocycles. The van der Waals surface area contributed by atoms with Crippen molar-refractivity contribution in [1.82, 2.24) is 0 Å². The fourth-order valence-corrected chi connectivity index (χ4v) is 2.01. The van der Waals surface area contributed by atoms with Gasteiger partial charge in [0.25, 0.3) is 0 Å². The van der Waals surface area contributed by atoms with Crippen LogP contribution in [0.1, 0.15) is 18.4 Å². The van der Waals surface area contributed by atoms with E-state index < -0.39 is 0 Å². The van der Waals surface area contributed by atoms with Crippen molar-refractivity contribution in [2.45, 2.75) is 19.3 Å². The van der Waals surface area contributed by atoms with Crippen LogP contribution in [-0.2, 0) is 11.2 Å². The standard InChI is InChI=1S/C11H13BrClNO/c12-9-4-3-8(11(13)7-9)6-10(15)2-1-5-14/h3-4,7H,1-2,5-6,14H2. The normalized spacial score (nSPS) is 10.3. The average molecular weight is 291 g/mol. The van der Waals surface area contributed by atoms with E-state index in [0.29, 0.717) is 24.4 Å². The van der Waals surface area contributed by atoms with Gasteiger partial charge in [0.2, 0.25) is 0 Å². The summed E-state index contributed by atoms with van der Waals surface area (Å²) in [5, 5.41) is 0.630. The number of nitrogens with two attached hydrogens (primary N) is 1. The van der Waals surface area contributed by atoms with Gasteiger partial charge in [0.15, 0.2) is 0 Å². The Labute approximate surface area is 103 Å². The summed E-state index contributed by atoms with van der Waals surface area (Å²) in [4.78, 5) is 11.5. The van der Waals surface area contributed by atoms with Crippen LogP contribution in [0.15, 0.2) is 22.7 Å². The van der Waals surface area contributed by atoms with Crippen LogP contribution in [-0.4, -0.2) is 12.3 Å². The van der Waals surface area contributed by atoms with Gasteiger partial charge >= 0.3 is 0 Å². The topological polar surface area (TPSA) is 43.1 Å². The maximum Gasteiger partial charge on any atom is 0.137 e. The highest BCUT2D eigenvalue weighted by molar-refractivity contribution is 9.10. The first-order valence-corrected chi connectivity index (χ1v) is 5.96. The molecule has 0 spiro atoms. The Morgan fingerprint density at radius 1 is 1.47 bits per heavy atom. The molecule has 15 heavy (non-hydrogen) atoms. The molecule has 82 valence electrons. The lowest BCUT2D eigenvalue weighted by molar-refractivity contribution is -0.118. The van der Waals surface area contributed by atoms with Crippen LogP contribution in [0, 0.1) is 0 Å². The Balaban J connectivity index is 2.60. The molecule has 0 bridgehead atoms. The van der Waals surface area contributed by atoms with E-state index in [1.165, 1.54) is 0 Å². The minimum atomic E-state index is 0.185. The number of carbonyl (C=O) groups is 1. The van der Waals surface area contributed by atoms with E-state index >= 15 is 0 Å². The summed E-state index contributed by atoms with van der Waals surface area (Å²) < 4.78 is 0.922. The molecule has 1 rings (SSSR count). The fraction of sp³-hybridized carbons (Fsp3) is 0.364. The second-order valence-electron chi connectivity index (χ2n) is 3.34. The Hall–Kier alpha value is -0.380. The van der Waals surface area contributed by atoms with Crippen molar-refractivity contribution in [3.05, 3.63) is 33.3 Å². The van der Waals surface area contributed by atoms with Crippen LogP contribution in [0.5, 0.6) is 0 Å². The van der Waals surface area contributed by atoms with E-state index in [1.807, 2.05) is 12.1 Å². The molecular weight excluding hydrogens is 277 g/mol. The molecule has 0 aromatic heterocycles. The molecule has 4 heteroatoms. The first-order valence-electron chi connectivity index (χ1n) is 4.79. The van der Waals surface area contributed by atoms with Crippen molar-refractivity contribution in [2.24, 2.45) is 5.73 Å². The maximum atomic E-state index is 11.5. The lowest BCUT2D eigenvalue weighted by Gasteiger charge is -2.03. The van der Waals surface area contributed by atoms with Crippen LogP contribution in [0.4, 0.5) is 0 Å². The largest absolute Gasteiger partial charge is 0.330 e. The van der Waals surface area contributed by atoms with Gasteiger partial charge in [0.05, 0.1) is 0 Å². The van der Waals surface area contributed by atoms with E-state index in [0.717, 1.165) is 16.5 Å². The summed E-state index contributed by atoms with van der Waals surface area (Å²) in [6, 6.07) is 5.55. The number of ketones is 1. The number of carbonyl (C=O) groups excluding carboxylic acids is 1. The molecule has 0 atom stereocenters. The van der Waals surface area contributed by atoms with Crippen LogP contribution in [0.3, 0.4) is 0 Å². The summed E-state index contributed by atoms with van der Waals surface area (Å²) in [6.45, 7) is 0.555. The van der Waals surface area contributed by atoms with Crippen molar-refractivity contribution in [3.63, 3.8) is 0 Å². The molecule has 0 fully saturated rings. The summed E-state index contributed by atoms with van der Waals surface area (Å²) in [7, 11) is 0. The average Bonchev–Trinajstić information content (AvgIpc) is 2.19. The van der Waals surface area contributed by atoms with E-state index in [-0.39, 0.29) is 5.78 Å². The molecular formula is C11H13BrClNO.